The molecule has 0 atom stereocenters. The molecule has 2 aromatic heterocycles. The number of hydrogen-bond acceptors (Lipinski definition) is 3. The lowest BCUT2D eigenvalue weighted by Gasteiger charge is -1.96. The van der Waals surface area contributed by atoms with Gasteiger partial charge in [0.25, 0.3) is 5.95 Å². The summed E-state index contributed by atoms with van der Waals surface area (Å²) in [5.41, 5.74) is 0. The molecule has 0 radical (unpaired) electrons. The highest BCUT2D eigenvalue weighted by molar-refractivity contribution is 14.1. The molecule has 0 bridgehead atoms. The fraction of sp³-hybridized carbons (Fsp3) is 0. The summed E-state index contributed by atoms with van der Waals surface area (Å²) in [4.78, 5) is 8.28. The zero-order chi connectivity index (χ0) is 9.26. The van der Waals surface area contributed by atoms with Gasteiger partial charge in [0.1, 0.15) is 0 Å². The van der Waals surface area contributed by atoms with Gasteiger partial charge in [0, 0.05) is 22.2 Å². The molecule has 0 spiro atoms. The minimum atomic E-state index is 0.600. The fourth-order valence-corrected chi connectivity index (χ4v) is 1.50. The first-order valence-electron chi connectivity index (χ1n) is 3.44. The van der Waals surface area contributed by atoms with Crippen molar-refractivity contribution in [3.63, 3.8) is 0 Å². The number of aromatic nitrogens is 4. The van der Waals surface area contributed by atoms with Gasteiger partial charge in [-0.05, 0) is 45.2 Å². The van der Waals surface area contributed by atoms with Crippen LogP contribution in [0.3, 0.4) is 0 Å². The molecule has 0 saturated carbocycles. The second kappa shape index (κ2) is 3.86. The Morgan fingerprint density at radius 3 is 2.23 bits per heavy atom. The van der Waals surface area contributed by atoms with E-state index in [2.05, 4.69) is 60.2 Å². The Bertz CT molecular complexity index is 409. The van der Waals surface area contributed by atoms with Crippen LogP contribution in [0.15, 0.2) is 24.8 Å². The van der Waals surface area contributed by atoms with Crippen molar-refractivity contribution in [3.05, 3.63) is 31.9 Å². The highest BCUT2D eigenvalue weighted by Gasteiger charge is 2.00. The van der Waals surface area contributed by atoms with Crippen LogP contribution in [0.1, 0.15) is 0 Å². The lowest BCUT2D eigenvalue weighted by atomic mass is 10.7. The van der Waals surface area contributed by atoms with Gasteiger partial charge in [0.15, 0.2) is 0 Å². The van der Waals surface area contributed by atoms with Crippen LogP contribution < -0.4 is 0 Å². The van der Waals surface area contributed by atoms with E-state index in [1.165, 1.54) is 0 Å². The Morgan fingerprint density at radius 1 is 1.00 bits per heavy atom. The smallest absolute Gasteiger partial charge is 0.219 e. The van der Waals surface area contributed by atoms with Crippen LogP contribution in [0.5, 0.6) is 0 Å². The quantitative estimate of drug-likeness (QED) is 0.690. The van der Waals surface area contributed by atoms with Gasteiger partial charge in [-0.2, -0.15) is 5.10 Å². The Morgan fingerprint density at radius 2 is 1.69 bits per heavy atom. The van der Waals surface area contributed by atoms with Crippen molar-refractivity contribution in [1.29, 1.82) is 0 Å². The van der Waals surface area contributed by atoms with Crippen LogP contribution in [0, 0.1) is 7.14 Å². The molecule has 6 heteroatoms. The number of rotatable bonds is 1. The summed E-state index contributed by atoms with van der Waals surface area (Å²) in [6.45, 7) is 0. The second-order valence-corrected chi connectivity index (χ2v) is 4.80. The zero-order valence-electron chi connectivity index (χ0n) is 6.35. The van der Waals surface area contributed by atoms with Gasteiger partial charge < -0.3 is 0 Å². The van der Waals surface area contributed by atoms with Crippen LogP contribution in [-0.2, 0) is 0 Å². The third kappa shape index (κ3) is 2.16. The van der Waals surface area contributed by atoms with Gasteiger partial charge in [-0.1, -0.05) is 0 Å². The van der Waals surface area contributed by atoms with E-state index < -0.39 is 0 Å². The molecule has 0 saturated heterocycles. The second-order valence-electron chi connectivity index (χ2n) is 2.30. The van der Waals surface area contributed by atoms with E-state index in [4.69, 9.17) is 0 Å². The molecule has 0 aliphatic rings. The largest absolute Gasteiger partial charge is 0.250 e. The van der Waals surface area contributed by atoms with Gasteiger partial charge in [0.2, 0.25) is 0 Å². The molecule has 0 aliphatic heterocycles. The predicted octanol–water partition coefficient (Wildman–Crippen LogP) is 1.87. The summed E-state index contributed by atoms with van der Waals surface area (Å²) in [6.07, 6.45) is 7.17. The molecule has 66 valence electrons. The first-order chi connectivity index (χ1) is 6.25. The maximum Gasteiger partial charge on any atom is 0.250 e. The van der Waals surface area contributed by atoms with Crippen LogP contribution >= 0.6 is 45.2 Å². The summed E-state index contributed by atoms with van der Waals surface area (Å²) >= 11 is 4.36. The van der Waals surface area contributed by atoms with Crippen molar-refractivity contribution in [1.82, 2.24) is 19.7 Å². The molecule has 0 amide bonds. The number of hydrogen-bond donors (Lipinski definition) is 0. The molecule has 0 N–H and O–H groups in total. The van der Waals surface area contributed by atoms with Crippen molar-refractivity contribution >= 4 is 45.2 Å². The van der Waals surface area contributed by atoms with E-state index in [1.807, 2.05) is 6.20 Å². The van der Waals surface area contributed by atoms with Gasteiger partial charge in [0.05, 0.1) is 9.77 Å². The Balaban J connectivity index is 2.41. The first kappa shape index (κ1) is 9.31. The van der Waals surface area contributed by atoms with Gasteiger partial charge in [-0.15, -0.1) is 0 Å². The zero-order valence-corrected chi connectivity index (χ0v) is 10.7. The van der Waals surface area contributed by atoms with E-state index in [0.29, 0.717) is 5.95 Å². The normalized spacial score (nSPS) is 10.3. The van der Waals surface area contributed by atoms with Crippen LogP contribution in [0.4, 0.5) is 0 Å². The van der Waals surface area contributed by atoms with Gasteiger partial charge in [-0.3, -0.25) is 0 Å². The van der Waals surface area contributed by atoms with E-state index >= 15 is 0 Å². The third-order valence-corrected chi connectivity index (χ3v) is 2.48. The molecule has 2 heterocycles. The lowest BCUT2D eigenvalue weighted by Crippen LogP contribution is -2.00. The van der Waals surface area contributed by atoms with E-state index in [1.54, 1.807) is 23.3 Å². The van der Waals surface area contributed by atoms with Crippen molar-refractivity contribution in [2.75, 3.05) is 0 Å². The Kier molecular flexibility index (Phi) is 2.77. The summed E-state index contributed by atoms with van der Waals surface area (Å²) in [7, 11) is 0. The lowest BCUT2D eigenvalue weighted by molar-refractivity contribution is 0.806. The average molecular weight is 398 g/mol. The maximum atomic E-state index is 4.14. The monoisotopic (exact) mass is 398 g/mol. The topological polar surface area (TPSA) is 43.6 Å². The fourth-order valence-electron chi connectivity index (χ4n) is 0.834. The van der Waals surface area contributed by atoms with Gasteiger partial charge >= 0.3 is 0 Å². The highest BCUT2D eigenvalue weighted by atomic mass is 127. The molecule has 0 aromatic carbocycles. The summed E-state index contributed by atoms with van der Waals surface area (Å²) < 4.78 is 3.74. The molecule has 13 heavy (non-hydrogen) atoms. The molecule has 0 unspecified atom stereocenters. The van der Waals surface area contributed by atoms with Crippen molar-refractivity contribution in [3.8, 4) is 5.95 Å². The Hall–Kier alpha value is -0.250. The molecule has 0 fully saturated rings. The number of halogens is 2. The number of nitrogens with zero attached hydrogens (tertiary/aromatic N) is 4. The minimum absolute atomic E-state index is 0.600. The maximum absolute atomic E-state index is 4.14. The summed E-state index contributed by atoms with van der Waals surface area (Å²) in [6, 6.07) is 0. The Labute approximate surface area is 102 Å². The summed E-state index contributed by atoms with van der Waals surface area (Å²) in [5, 5.41) is 4.10. The molecular formula is C7H4I2N4. The van der Waals surface area contributed by atoms with E-state index in [0.717, 1.165) is 7.14 Å². The van der Waals surface area contributed by atoms with Crippen molar-refractivity contribution in [2.45, 2.75) is 0 Å². The molecule has 2 aromatic rings. The molecule has 0 aliphatic carbocycles. The van der Waals surface area contributed by atoms with Crippen LogP contribution in [0.2, 0.25) is 0 Å². The third-order valence-electron chi connectivity index (χ3n) is 1.36. The van der Waals surface area contributed by atoms with E-state index in [9.17, 15) is 0 Å². The first-order valence-corrected chi connectivity index (χ1v) is 5.59. The summed E-state index contributed by atoms with van der Waals surface area (Å²) in [5.74, 6) is 0.600. The standard InChI is InChI=1S/C7H4I2N4/c8-5-1-10-7(11-2-5)13-4-6(9)3-12-13/h1-4H. The minimum Gasteiger partial charge on any atom is -0.219 e. The SMILES string of the molecule is Ic1cnc(-n2cc(I)cn2)nc1. The molecule has 2 rings (SSSR count). The van der Waals surface area contributed by atoms with E-state index in [-0.39, 0.29) is 0 Å². The van der Waals surface area contributed by atoms with Crippen LogP contribution in [-0.4, -0.2) is 19.7 Å². The van der Waals surface area contributed by atoms with Crippen molar-refractivity contribution < 1.29 is 0 Å². The molecule has 4 nitrogen and oxygen atoms in total. The van der Waals surface area contributed by atoms with Gasteiger partial charge in [-0.25, -0.2) is 14.6 Å². The molecular weight excluding hydrogens is 394 g/mol. The van der Waals surface area contributed by atoms with Crippen molar-refractivity contribution in [2.24, 2.45) is 0 Å². The highest BCUT2D eigenvalue weighted by Crippen LogP contribution is 2.06. The average Bonchev–Trinajstić information content (AvgIpc) is 2.53. The van der Waals surface area contributed by atoms with Crippen LogP contribution in [0.25, 0.3) is 5.95 Å². The predicted molar refractivity (Wildman–Crippen MR) is 64.6 cm³/mol.